The summed E-state index contributed by atoms with van der Waals surface area (Å²) in [4.78, 5) is 0. The number of hydrogen-bond acceptors (Lipinski definition) is 2. The van der Waals surface area contributed by atoms with Crippen LogP contribution in [0.1, 0.15) is 23.6 Å². The van der Waals surface area contributed by atoms with Crippen LogP contribution < -0.4 is 0 Å². The van der Waals surface area contributed by atoms with E-state index in [0.29, 0.717) is 5.75 Å². The molecular formula is C11H18O2. The standard InChI is InChI=1S/C9H12O.C2H6O/c1-6-4-5-9(10)8(3)7(6)2;1-2-3/h4-5,10H,1-3H3;3H,2H2,1H3. The molecule has 1 aromatic rings. The minimum Gasteiger partial charge on any atom is -0.508 e. The van der Waals surface area contributed by atoms with Gasteiger partial charge in [0.1, 0.15) is 5.75 Å². The lowest BCUT2D eigenvalue weighted by Crippen LogP contribution is -1.85. The predicted octanol–water partition coefficient (Wildman–Crippen LogP) is 2.32. The number of aliphatic hydroxyl groups excluding tert-OH is 1. The van der Waals surface area contributed by atoms with Gasteiger partial charge in [0, 0.05) is 6.61 Å². The van der Waals surface area contributed by atoms with E-state index in [1.54, 1.807) is 13.0 Å². The molecule has 0 radical (unpaired) electrons. The third kappa shape index (κ3) is 3.47. The zero-order valence-electron chi connectivity index (χ0n) is 8.76. The fourth-order valence-corrected chi connectivity index (χ4v) is 0.942. The maximum Gasteiger partial charge on any atom is 0.118 e. The summed E-state index contributed by atoms with van der Waals surface area (Å²) >= 11 is 0. The number of phenols is 1. The first kappa shape index (κ1) is 12.0. The van der Waals surface area contributed by atoms with Gasteiger partial charge < -0.3 is 10.2 Å². The van der Waals surface area contributed by atoms with Crippen molar-refractivity contribution in [3.05, 3.63) is 28.8 Å². The summed E-state index contributed by atoms with van der Waals surface area (Å²) in [5.41, 5.74) is 3.40. The Kier molecular flexibility index (Phi) is 5.16. The van der Waals surface area contributed by atoms with Gasteiger partial charge in [-0.2, -0.15) is 0 Å². The molecule has 0 aromatic heterocycles. The number of phenolic OH excluding ortho intramolecular Hbond substituents is 1. The van der Waals surface area contributed by atoms with Crippen LogP contribution in [0.3, 0.4) is 0 Å². The van der Waals surface area contributed by atoms with Gasteiger partial charge in [0.25, 0.3) is 0 Å². The lowest BCUT2D eigenvalue weighted by Gasteiger charge is -2.04. The Morgan fingerprint density at radius 3 is 1.92 bits per heavy atom. The minimum absolute atomic E-state index is 0.250. The van der Waals surface area contributed by atoms with Crippen LogP contribution in [0.5, 0.6) is 5.75 Å². The molecule has 0 spiro atoms. The summed E-state index contributed by atoms with van der Waals surface area (Å²) in [6, 6.07) is 3.66. The van der Waals surface area contributed by atoms with E-state index in [1.165, 1.54) is 11.1 Å². The van der Waals surface area contributed by atoms with Crippen LogP contribution in [-0.4, -0.2) is 16.8 Å². The Morgan fingerprint density at radius 2 is 1.54 bits per heavy atom. The summed E-state index contributed by atoms with van der Waals surface area (Å²) < 4.78 is 0. The average Bonchev–Trinajstić information content (AvgIpc) is 2.10. The molecule has 2 N–H and O–H groups in total. The van der Waals surface area contributed by atoms with Crippen molar-refractivity contribution in [2.24, 2.45) is 0 Å². The molecular weight excluding hydrogens is 164 g/mol. The molecule has 2 heteroatoms. The molecule has 0 aliphatic heterocycles. The quantitative estimate of drug-likeness (QED) is 0.646. The molecule has 1 aromatic carbocycles. The number of aryl methyl sites for hydroxylation is 1. The average molecular weight is 182 g/mol. The third-order valence-corrected chi connectivity index (χ3v) is 2.03. The zero-order valence-corrected chi connectivity index (χ0v) is 8.76. The van der Waals surface area contributed by atoms with Gasteiger partial charge in [-0.05, 0) is 50.5 Å². The van der Waals surface area contributed by atoms with E-state index in [0.717, 1.165) is 5.56 Å². The molecule has 13 heavy (non-hydrogen) atoms. The van der Waals surface area contributed by atoms with E-state index < -0.39 is 0 Å². The van der Waals surface area contributed by atoms with Gasteiger partial charge in [0.2, 0.25) is 0 Å². The first-order valence-corrected chi connectivity index (χ1v) is 4.41. The van der Waals surface area contributed by atoms with Crippen LogP contribution in [0.15, 0.2) is 12.1 Å². The molecule has 0 fully saturated rings. The minimum atomic E-state index is 0.250. The Bertz CT molecular complexity index is 240. The maximum atomic E-state index is 9.22. The van der Waals surface area contributed by atoms with Crippen molar-refractivity contribution in [3.63, 3.8) is 0 Å². The number of aromatic hydroxyl groups is 1. The molecule has 0 saturated carbocycles. The van der Waals surface area contributed by atoms with Gasteiger partial charge in [-0.3, -0.25) is 0 Å². The van der Waals surface area contributed by atoms with Crippen molar-refractivity contribution < 1.29 is 10.2 Å². The van der Waals surface area contributed by atoms with Gasteiger partial charge in [-0.25, -0.2) is 0 Å². The Balaban J connectivity index is 0.000000424. The van der Waals surface area contributed by atoms with Crippen molar-refractivity contribution >= 4 is 0 Å². The second-order valence-electron chi connectivity index (χ2n) is 2.97. The van der Waals surface area contributed by atoms with E-state index in [4.69, 9.17) is 5.11 Å². The molecule has 0 unspecified atom stereocenters. The van der Waals surface area contributed by atoms with Crippen molar-refractivity contribution in [3.8, 4) is 5.75 Å². The lowest BCUT2D eigenvalue weighted by molar-refractivity contribution is 0.318. The Labute approximate surface area is 79.9 Å². The molecule has 0 atom stereocenters. The normalized spacial score (nSPS) is 9.00. The Hall–Kier alpha value is -1.02. The van der Waals surface area contributed by atoms with Crippen LogP contribution in [-0.2, 0) is 0 Å². The van der Waals surface area contributed by atoms with Gasteiger partial charge in [-0.1, -0.05) is 6.07 Å². The van der Waals surface area contributed by atoms with Crippen LogP contribution in [0, 0.1) is 20.8 Å². The summed E-state index contributed by atoms with van der Waals surface area (Å²) in [5, 5.41) is 16.8. The summed E-state index contributed by atoms with van der Waals surface area (Å²) in [6.45, 7) is 7.92. The number of aliphatic hydroxyl groups is 1. The zero-order chi connectivity index (χ0) is 10.4. The van der Waals surface area contributed by atoms with Gasteiger partial charge >= 0.3 is 0 Å². The largest absolute Gasteiger partial charge is 0.508 e. The van der Waals surface area contributed by atoms with Crippen LogP contribution in [0.2, 0.25) is 0 Å². The lowest BCUT2D eigenvalue weighted by atomic mass is 10.0. The van der Waals surface area contributed by atoms with E-state index >= 15 is 0 Å². The highest BCUT2D eigenvalue weighted by Gasteiger charge is 1.99. The predicted molar refractivity (Wildman–Crippen MR) is 55.1 cm³/mol. The molecule has 0 bridgehead atoms. The highest BCUT2D eigenvalue weighted by molar-refractivity contribution is 5.41. The van der Waals surface area contributed by atoms with Crippen LogP contribution in [0.4, 0.5) is 0 Å². The van der Waals surface area contributed by atoms with Crippen molar-refractivity contribution in [2.75, 3.05) is 6.61 Å². The summed E-state index contributed by atoms with van der Waals surface area (Å²) in [6.07, 6.45) is 0. The summed E-state index contributed by atoms with van der Waals surface area (Å²) in [7, 11) is 0. The van der Waals surface area contributed by atoms with Gasteiger partial charge in [-0.15, -0.1) is 0 Å². The first-order chi connectivity index (χ1) is 6.04. The van der Waals surface area contributed by atoms with Crippen LogP contribution in [0.25, 0.3) is 0 Å². The monoisotopic (exact) mass is 182 g/mol. The van der Waals surface area contributed by atoms with Gasteiger partial charge in [0.05, 0.1) is 0 Å². The maximum absolute atomic E-state index is 9.22. The number of rotatable bonds is 0. The highest BCUT2D eigenvalue weighted by atomic mass is 16.3. The SMILES string of the molecule is CCO.Cc1ccc(O)c(C)c1C. The second-order valence-corrected chi connectivity index (χ2v) is 2.97. The van der Waals surface area contributed by atoms with E-state index in [2.05, 4.69) is 0 Å². The summed E-state index contributed by atoms with van der Waals surface area (Å²) in [5.74, 6) is 0.392. The fraction of sp³-hybridized carbons (Fsp3) is 0.455. The number of benzene rings is 1. The molecule has 0 heterocycles. The van der Waals surface area contributed by atoms with E-state index in [9.17, 15) is 5.11 Å². The topological polar surface area (TPSA) is 40.5 Å². The molecule has 0 aliphatic rings. The fourth-order valence-electron chi connectivity index (χ4n) is 0.942. The first-order valence-electron chi connectivity index (χ1n) is 4.41. The van der Waals surface area contributed by atoms with E-state index in [1.807, 2.05) is 26.8 Å². The number of hydrogen-bond donors (Lipinski definition) is 2. The molecule has 74 valence electrons. The highest BCUT2D eigenvalue weighted by Crippen LogP contribution is 2.21. The van der Waals surface area contributed by atoms with Crippen molar-refractivity contribution in [2.45, 2.75) is 27.7 Å². The third-order valence-electron chi connectivity index (χ3n) is 2.03. The Morgan fingerprint density at radius 1 is 1.08 bits per heavy atom. The molecule has 0 aliphatic carbocycles. The second kappa shape index (κ2) is 5.60. The molecule has 2 nitrogen and oxygen atoms in total. The smallest absolute Gasteiger partial charge is 0.118 e. The molecule has 0 saturated heterocycles. The molecule has 1 rings (SSSR count). The molecule has 0 amide bonds. The van der Waals surface area contributed by atoms with Gasteiger partial charge in [0.15, 0.2) is 0 Å². The van der Waals surface area contributed by atoms with Crippen LogP contribution >= 0.6 is 0 Å². The van der Waals surface area contributed by atoms with Crippen molar-refractivity contribution in [1.82, 2.24) is 0 Å². The van der Waals surface area contributed by atoms with E-state index in [-0.39, 0.29) is 6.61 Å². The van der Waals surface area contributed by atoms with Crippen molar-refractivity contribution in [1.29, 1.82) is 0 Å².